The van der Waals surface area contributed by atoms with Gasteiger partial charge in [0.1, 0.15) is 0 Å². The number of esters is 1. The second kappa shape index (κ2) is 9.66. The predicted molar refractivity (Wildman–Crippen MR) is 114 cm³/mol. The lowest BCUT2D eigenvalue weighted by Crippen LogP contribution is -2.37. The van der Waals surface area contributed by atoms with Crippen molar-refractivity contribution in [2.24, 2.45) is 5.73 Å². The number of urea groups is 1. The van der Waals surface area contributed by atoms with Gasteiger partial charge in [0.15, 0.2) is 6.61 Å². The van der Waals surface area contributed by atoms with Gasteiger partial charge in [0.05, 0.1) is 11.4 Å². The van der Waals surface area contributed by atoms with E-state index in [4.69, 9.17) is 10.5 Å². The van der Waals surface area contributed by atoms with Gasteiger partial charge in [-0.2, -0.15) is 5.10 Å². The van der Waals surface area contributed by atoms with Gasteiger partial charge in [-0.3, -0.25) is 10.1 Å². The molecule has 8 nitrogen and oxygen atoms in total. The number of nitrogens with two attached hydrogens (primary N) is 1. The summed E-state index contributed by atoms with van der Waals surface area (Å²) < 4.78 is 7.45. The molecule has 0 saturated carbocycles. The van der Waals surface area contributed by atoms with Gasteiger partial charge >= 0.3 is 12.0 Å². The second-order valence-electron chi connectivity index (χ2n) is 6.07. The zero-order valence-corrected chi connectivity index (χ0v) is 17.2. The van der Waals surface area contributed by atoms with E-state index in [-0.39, 0.29) is 0 Å². The van der Waals surface area contributed by atoms with Crippen molar-refractivity contribution >= 4 is 39.9 Å². The number of hydrogen-bond donors (Lipinski definition) is 2. The molecule has 0 aliphatic heterocycles. The van der Waals surface area contributed by atoms with Crippen LogP contribution >= 0.6 is 15.9 Å². The fourth-order valence-electron chi connectivity index (χ4n) is 2.57. The van der Waals surface area contributed by atoms with Crippen LogP contribution in [0.2, 0.25) is 0 Å². The van der Waals surface area contributed by atoms with Crippen molar-refractivity contribution in [1.29, 1.82) is 0 Å². The summed E-state index contributed by atoms with van der Waals surface area (Å²) in [6, 6.07) is 16.1. The highest BCUT2D eigenvalue weighted by atomic mass is 79.9. The average molecular weight is 469 g/mol. The molecule has 0 fully saturated rings. The van der Waals surface area contributed by atoms with Crippen LogP contribution in [0.5, 0.6) is 0 Å². The van der Waals surface area contributed by atoms with Crippen LogP contribution in [0, 0.1) is 0 Å². The maximum Gasteiger partial charge on any atom is 0.331 e. The molecule has 3 rings (SSSR count). The Labute approximate surface area is 180 Å². The monoisotopic (exact) mass is 468 g/mol. The fourth-order valence-corrected chi connectivity index (χ4v) is 2.83. The highest BCUT2D eigenvalue weighted by Crippen LogP contribution is 2.26. The zero-order chi connectivity index (χ0) is 21.5. The smallest absolute Gasteiger partial charge is 0.331 e. The third-order valence-corrected chi connectivity index (χ3v) is 4.42. The van der Waals surface area contributed by atoms with Crippen LogP contribution in [0.3, 0.4) is 0 Å². The third-order valence-electron chi connectivity index (χ3n) is 3.89. The standard InChI is InChI=1S/C21H17BrN4O4/c22-16-9-6-14(7-10-16)20-15(12-26(25-20)17-4-2-1-3-5-17)8-11-19(28)30-13-18(27)24-21(23)29/h1-12H,13H2,(H3,23,24,27,29)/b11-8+. The number of hydrogen-bond acceptors (Lipinski definition) is 5. The lowest BCUT2D eigenvalue weighted by Gasteiger charge is -2.01. The lowest BCUT2D eigenvalue weighted by molar-refractivity contribution is -0.143. The van der Waals surface area contributed by atoms with Crippen LogP contribution in [0.15, 0.2) is 71.3 Å². The number of ether oxygens (including phenoxy) is 1. The molecule has 0 bridgehead atoms. The summed E-state index contributed by atoms with van der Waals surface area (Å²) in [5, 5.41) is 6.46. The number of aromatic nitrogens is 2. The predicted octanol–water partition coefficient (Wildman–Crippen LogP) is 3.05. The van der Waals surface area contributed by atoms with Gasteiger partial charge in [-0.25, -0.2) is 14.3 Å². The second-order valence-corrected chi connectivity index (χ2v) is 6.99. The van der Waals surface area contributed by atoms with Crippen molar-refractivity contribution in [2.75, 3.05) is 6.61 Å². The van der Waals surface area contributed by atoms with Crippen molar-refractivity contribution in [2.45, 2.75) is 0 Å². The van der Waals surface area contributed by atoms with Crippen molar-refractivity contribution in [1.82, 2.24) is 15.1 Å². The number of nitrogens with zero attached hydrogens (tertiary/aromatic N) is 2. The molecule has 0 aliphatic carbocycles. The number of carbonyl (C=O) groups excluding carboxylic acids is 3. The molecule has 2 aromatic carbocycles. The number of imide groups is 1. The van der Waals surface area contributed by atoms with Crippen LogP contribution in [0.25, 0.3) is 23.0 Å². The summed E-state index contributed by atoms with van der Waals surface area (Å²) in [5.74, 6) is -1.56. The van der Waals surface area contributed by atoms with Crippen LogP contribution in [0.1, 0.15) is 5.56 Å². The minimum atomic E-state index is -1.01. The molecule has 0 atom stereocenters. The van der Waals surface area contributed by atoms with Crippen molar-refractivity contribution in [3.63, 3.8) is 0 Å². The molecule has 0 spiro atoms. The molecule has 1 aromatic heterocycles. The van der Waals surface area contributed by atoms with Crippen molar-refractivity contribution in [3.05, 3.63) is 76.9 Å². The van der Waals surface area contributed by atoms with Gasteiger partial charge in [0, 0.05) is 27.9 Å². The Balaban J connectivity index is 1.83. The maximum atomic E-state index is 11.9. The number of halogens is 1. The Bertz CT molecular complexity index is 1090. The topological polar surface area (TPSA) is 116 Å². The van der Waals surface area contributed by atoms with Gasteiger partial charge < -0.3 is 10.5 Å². The third kappa shape index (κ3) is 5.65. The van der Waals surface area contributed by atoms with Crippen molar-refractivity contribution in [3.8, 4) is 16.9 Å². The van der Waals surface area contributed by atoms with E-state index in [1.165, 1.54) is 6.08 Å². The number of primary amides is 1. The molecule has 0 aliphatic rings. The SMILES string of the molecule is NC(=O)NC(=O)COC(=O)/C=C/c1cn(-c2ccccc2)nc1-c1ccc(Br)cc1. The van der Waals surface area contributed by atoms with Crippen molar-refractivity contribution < 1.29 is 19.1 Å². The normalized spacial score (nSPS) is 10.7. The number of nitrogens with one attached hydrogen (secondary N) is 1. The van der Waals surface area contributed by atoms with Gasteiger partial charge in [-0.15, -0.1) is 0 Å². The van der Waals surface area contributed by atoms with E-state index in [2.05, 4.69) is 21.0 Å². The first kappa shape index (κ1) is 21.0. The van der Waals surface area contributed by atoms with E-state index in [1.807, 2.05) is 59.9 Å². The summed E-state index contributed by atoms with van der Waals surface area (Å²) >= 11 is 3.41. The van der Waals surface area contributed by atoms with Crippen LogP contribution in [-0.2, 0) is 14.3 Å². The van der Waals surface area contributed by atoms with Crippen LogP contribution in [0.4, 0.5) is 4.79 Å². The van der Waals surface area contributed by atoms with E-state index < -0.39 is 24.5 Å². The van der Waals surface area contributed by atoms with Gasteiger partial charge in [0.25, 0.3) is 5.91 Å². The number of benzene rings is 2. The molecule has 1 heterocycles. The summed E-state index contributed by atoms with van der Waals surface area (Å²) in [4.78, 5) is 33.9. The molecule has 0 saturated heterocycles. The van der Waals surface area contributed by atoms with E-state index in [0.29, 0.717) is 11.3 Å². The van der Waals surface area contributed by atoms with Gasteiger partial charge in [-0.1, -0.05) is 46.3 Å². The van der Waals surface area contributed by atoms with E-state index >= 15 is 0 Å². The lowest BCUT2D eigenvalue weighted by atomic mass is 10.1. The van der Waals surface area contributed by atoms with Gasteiger partial charge in [-0.05, 0) is 30.3 Å². The first-order chi connectivity index (χ1) is 14.4. The molecule has 3 amide bonds. The van der Waals surface area contributed by atoms with Crippen LogP contribution < -0.4 is 11.1 Å². The Kier molecular flexibility index (Phi) is 6.76. The molecule has 3 N–H and O–H groups in total. The number of carbonyl (C=O) groups is 3. The van der Waals surface area contributed by atoms with E-state index in [0.717, 1.165) is 15.7 Å². The molecular weight excluding hydrogens is 452 g/mol. The summed E-state index contributed by atoms with van der Waals surface area (Å²) in [6.07, 6.45) is 4.53. The van der Waals surface area contributed by atoms with Crippen LogP contribution in [-0.4, -0.2) is 34.3 Å². The van der Waals surface area contributed by atoms with E-state index in [1.54, 1.807) is 17.0 Å². The summed E-state index contributed by atoms with van der Waals surface area (Å²) in [5.41, 5.74) is 7.90. The molecule has 30 heavy (non-hydrogen) atoms. The Hall–Kier alpha value is -3.72. The first-order valence-electron chi connectivity index (χ1n) is 8.77. The largest absolute Gasteiger partial charge is 0.452 e. The Morgan fingerprint density at radius 1 is 1.10 bits per heavy atom. The quantitative estimate of drug-likeness (QED) is 0.425. The van der Waals surface area contributed by atoms with Gasteiger partial charge in [0.2, 0.25) is 0 Å². The molecule has 152 valence electrons. The first-order valence-corrected chi connectivity index (χ1v) is 9.57. The Morgan fingerprint density at radius 3 is 2.47 bits per heavy atom. The summed E-state index contributed by atoms with van der Waals surface area (Å²) in [6.45, 7) is -0.616. The maximum absolute atomic E-state index is 11.9. The molecule has 3 aromatic rings. The fraction of sp³-hybridized carbons (Fsp3) is 0.0476. The minimum absolute atomic E-state index is 0.616. The minimum Gasteiger partial charge on any atom is -0.452 e. The highest BCUT2D eigenvalue weighted by Gasteiger charge is 2.12. The molecule has 9 heteroatoms. The molecule has 0 unspecified atom stereocenters. The molecular formula is C21H17BrN4O4. The summed E-state index contributed by atoms with van der Waals surface area (Å²) in [7, 11) is 0. The number of rotatable bonds is 6. The number of para-hydroxylation sites is 1. The van der Waals surface area contributed by atoms with E-state index in [9.17, 15) is 14.4 Å². The average Bonchev–Trinajstić information content (AvgIpc) is 3.16. The zero-order valence-electron chi connectivity index (χ0n) is 15.6. The molecule has 0 radical (unpaired) electrons. The Morgan fingerprint density at radius 2 is 1.80 bits per heavy atom. The number of amides is 3. The highest BCUT2D eigenvalue weighted by molar-refractivity contribution is 9.10.